The van der Waals surface area contributed by atoms with Gasteiger partial charge >= 0.3 is 12.1 Å². The number of carbonyl (C=O) groups is 3. The zero-order valence-corrected chi connectivity index (χ0v) is 19.8. The number of likely N-dealkylation sites (tertiary alicyclic amines) is 1. The maximum absolute atomic E-state index is 13.2. The van der Waals surface area contributed by atoms with Gasteiger partial charge in [-0.3, -0.25) is 9.59 Å². The molecule has 0 spiro atoms. The predicted octanol–water partition coefficient (Wildman–Crippen LogP) is 3.58. The number of nitrogens with zero attached hydrogens (tertiary/aromatic N) is 1. The van der Waals surface area contributed by atoms with E-state index >= 15 is 0 Å². The molecule has 1 saturated carbocycles. The molecule has 2 N–H and O–H groups in total. The van der Waals surface area contributed by atoms with Gasteiger partial charge in [-0.05, 0) is 53.0 Å². The van der Waals surface area contributed by atoms with Gasteiger partial charge in [0.25, 0.3) is 0 Å². The quantitative estimate of drug-likeness (QED) is 0.600. The summed E-state index contributed by atoms with van der Waals surface area (Å²) in [6, 6.07) is 15.5. The van der Waals surface area contributed by atoms with Gasteiger partial charge in [0.1, 0.15) is 12.6 Å². The number of nitrogens with one attached hydrogen (secondary N) is 1. The van der Waals surface area contributed by atoms with E-state index in [1.54, 1.807) is 16.7 Å². The summed E-state index contributed by atoms with van der Waals surface area (Å²) in [5.41, 5.74) is 3.77. The van der Waals surface area contributed by atoms with Crippen molar-refractivity contribution >= 4 is 29.7 Å². The van der Waals surface area contributed by atoms with Crippen molar-refractivity contribution in [3.63, 3.8) is 0 Å². The van der Waals surface area contributed by atoms with Gasteiger partial charge in [-0.15, -0.1) is 0 Å². The number of thioether (sulfide) groups is 1. The molecule has 2 aliphatic carbocycles. The molecular weight excluding hydrogens is 452 g/mol. The van der Waals surface area contributed by atoms with E-state index in [1.165, 1.54) is 0 Å². The molecule has 0 aromatic heterocycles. The molecule has 34 heavy (non-hydrogen) atoms. The average molecular weight is 481 g/mol. The first-order valence-electron chi connectivity index (χ1n) is 11.6. The Labute approximate surface area is 202 Å². The van der Waals surface area contributed by atoms with Crippen molar-refractivity contribution in [2.24, 2.45) is 11.3 Å². The molecule has 1 heterocycles. The van der Waals surface area contributed by atoms with Gasteiger partial charge in [-0.2, -0.15) is 11.8 Å². The Kier molecular flexibility index (Phi) is 6.02. The Balaban J connectivity index is 1.23. The highest BCUT2D eigenvalue weighted by atomic mass is 32.2. The van der Waals surface area contributed by atoms with Gasteiger partial charge in [0, 0.05) is 19.0 Å². The Morgan fingerprint density at radius 3 is 2.38 bits per heavy atom. The topological polar surface area (TPSA) is 95.9 Å². The largest absolute Gasteiger partial charge is 0.481 e. The van der Waals surface area contributed by atoms with E-state index in [-0.39, 0.29) is 30.9 Å². The molecule has 0 bridgehead atoms. The first-order chi connectivity index (χ1) is 16.4. The van der Waals surface area contributed by atoms with Crippen LogP contribution in [0, 0.1) is 11.3 Å². The molecular formula is C26H28N2O5S. The molecule has 1 saturated heterocycles. The van der Waals surface area contributed by atoms with Gasteiger partial charge in [0.15, 0.2) is 0 Å². The van der Waals surface area contributed by atoms with Gasteiger partial charge in [0.05, 0.1) is 5.41 Å². The first-order valence-corrected chi connectivity index (χ1v) is 13.0. The Morgan fingerprint density at radius 2 is 1.79 bits per heavy atom. The van der Waals surface area contributed by atoms with Crippen LogP contribution in [0.15, 0.2) is 48.5 Å². The van der Waals surface area contributed by atoms with Crippen LogP contribution in [0.2, 0.25) is 0 Å². The summed E-state index contributed by atoms with van der Waals surface area (Å²) in [5.74, 6) is -0.404. The van der Waals surface area contributed by atoms with Crippen molar-refractivity contribution in [2.45, 2.75) is 24.8 Å². The third kappa shape index (κ3) is 3.94. The summed E-state index contributed by atoms with van der Waals surface area (Å²) in [5, 5.41) is 12.3. The van der Waals surface area contributed by atoms with E-state index < -0.39 is 23.5 Å². The summed E-state index contributed by atoms with van der Waals surface area (Å²) in [4.78, 5) is 39.1. The molecule has 2 amide bonds. The van der Waals surface area contributed by atoms with Crippen LogP contribution in [0.5, 0.6) is 0 Å². The summed E-state index contributed by atoms with van der Waals surface area (Å²) >= 11 is 1.59. The standard InChI is InChI=1S/C26H28N2O5S/c1-34-11-10-22(23(29)28-13-16-12-26(16,15-28)24(30)31)27-25(32)33-14-21-19-8-4-2-6-17(19)18-7-3-5-9-20(18)21/h2-9,16,21-22H,10-15H2,1H3,(H,27,32)(H,30,31)/t16?,22-,26?/m0/s1. The lowest BCUT2D eigenvalue weighted by molar-refractivity contribution is -0.144. The van der Waals surface area contributed by atoms with Gasteiger partial charge in [-0.1, -0.05) is 48.5 Å². The smallest absolute Gasteiger partial charge is 0.407 e. The fraction of sp³-hybridized carbons (Fsp3) is 0.423. The third-order valence-corrected chi connectivity index (χ3v) is 8.07. The van der Waals surface area contributed by atoms with E-state index in [2.05, 4.69) is 29.6 Å². The monoisotopic (exact) mass is 480 g/mol. The number of hydrogen-bond donors (Lipinski definition) is 2. The zero-order chi connectivity index (χ0) is 23.9. The average Bonchev–Trinajstić information content (AvgIpc) is 3.27. The highest BCUT2D eigenvalue weighted by Gasteiger charge is 2.66. The minimum absolute atomic E-state index is 0.0182. The van der Waals surface area contributed by atoms with E-state index in [0.717, 1.165) is 22.3 Å². The Morgan fingerprint density at radius 1 is 1.15 bits per heavy atom. The number of carbonyl (C=O) groups excluding carboxylic acids is 2. The van der Waals surface area contributed by atoms with Crippen molar-refractivity contribution < 1.29 is 24.2 Å². The van der Waals surface area contributed by atoms with E-state index in [9.17, 15) is 19.5 Å². The Bertz CT molecular complexity index is 1090. The molecule has 7 nitrogen and oxygen atoms in total. The van der Waals surface area contributed by atoms with Crippen LogP contribution in [0.25, 0.3) is 11.1 Å². The normalized spacial score (nSPS) is 23.0. The number of carboxylic acids is 1. The van der Waals surface area contributed by atoms with Crippen LogP contribution in [-0.2, 0) is 14.3 Å². The highest BCUT2D eigenvalue weighted by Crippen LogP contribution is 2.58. The summed E-state index contributed by atoms with van der Waals surface area (Å²) in [7, 11) is 0. The first kappa shape index (κ1) is 22.8. The minimum Gasteiger partial charge on any atom is -0.481 e. The molecule has 2 unspecified atom stereocenters. The molecule has 3 atom stereocenters. The number of benzene rings is 2. The van der Waals surface area contributed by atoms with Crippen molar-refractivity contribution in [3.05, 3.63) is 59.7 Å². The second kappa shape index (κ2) is 8.98. The van der Waals surface area contributed by atoms with Crippen molar-refractivity contribution in [2.75, 3.05) is 31.7 Å². The summed E-state index contributed by atoms with van der Waals surface area (Å²) < 4.78 is 5.63. The lowest BCUT2D eigenvalue weighted by Gasteiger charge is -2.26. The van der Waals surface area contributed by atoms with Crippen LogP contribution < -0.4 is 5.32 Å². The third-order valence-electron chi connectivity index (χ3n) is 7.43. The molecule has 0 radical (unpaired) electrons. The molecule has 2 aromatic carbocycles. The number of alkyl carbamates (subject to hydrolysis) is 1. The fourth-order valence-electron chi connectivity index (χ4n) is 5.48. The molecule has 3 aliphatic rings. The maximum Gasteiger partial charge on any atom is 0.407 e. The lowest BCUT2D eigenvalue weighted by Crippen LogP contribution is -2.49. The number of aliphatic carboxylic acids is 1. The molecule has 178 valence electrons. The number of ether oxygens (including phenoxy) is 1. The fourth-order valence-corrected chi connectivity index (χ4v) is 5.95. The number of hydrogen-bond acceptors (Lipinski definition) is 5. The molecule has 1 aliphatic heterocycles. The van der Waals surface area contributed by atoms with Gasteiger partial charge < -0.3 is 20.1 Å². The lowest BCUT2D eigenvalue weighted by atomic mass is 9.98. The van der Waals surface area contributed by atoms with Crippen molar-refractivity contribution in [1.29, 1.82) is 0 Å². The van der Waals surface area contributed by atoms with Crippen LogP contribution in [0.3, 0.4) is 0 Å². The number of rotatable bonds is 8. The molecule has 2 fully saturated rings. The summed E-state index contributed by atoms with van der Waals surface area (Å²) in [6.07, 6.45) is 2.41. The van der Waals surface area contributed by atoms with Gasteiger partial charge in [0.2, 0.25) is 5.91 Å². The Hall–Kier alpha value is -3.00. The SMILES string of the molecule is CSCC[C@H](NC(=O)OCC1c2ccccc2-c2ccccc21)C(=O)N1CC2CC2(C(=O)O)C1. The van der Waals surface area contributed by atoms with E-state index in [1.807, 2.05) is 30.5 Å². The minimum atomic E-state index is -0.835. The van der Waals surface area contributed by atoms with Crippen molar-refractivity contribution in [1.82, 2.24) is 10.2 Å². The summed E-state index contributed by atoms with van der Waals surface area (Å²) in [6.45, 7) is 0.832. The number of fused-ring (bicyclic) bond motifs is 4. The number of carboxylic acid groups (broad SMARTS) is 1. The van der Waals surface area contributed by atoms with E-state index in [0.29, 0.717) is 25.1 Å². The molecule has 5 rings (SSSR count). The van der Waals surface area contributed by atoms with Crippen LogP contribution in [-0.4, -0.2) is 65.7 Å². The molecule has 2 aromatic rings. The van der Waals surface area contributed by atoms with Crippen LogP contribution in [0.1, 0.15) is 29.9 Å². The second-order valence-corrected chi connectivity index (χ2v) is 10.4. The number of piperidine rings is 1. The second-order valence-electron chi connectivity index (χ2n) is 9.39. The maximum atomic E-state index is 13.2. The number of amides is 2. The van der Waals surface area contributed by atoms with Crippen LogP contribution >= 0.6 is 11.8 Å². The molecule has 8 heteroatoms. The van der Waals surface area contributed by atoms with Crippen molar-refractivity contribution in [3.8, 4) is 11.1 Å². The van der Waals surface area contributed by atoms with Gasteiger partial charge in [-0.25, -0.2) is 4.79 Å². The highest BCUT2D eigenvalue weighted by molar-refractivity contribution is 7.98. The van der Waals surface area contributed by atoms with Crippen LogP contribution in [0.4, 0.5) is 4.79 Å². The van der Waals surface area contributed by atoms with E-state index in [4.69, 9.17) is 4.74 Å². The zero-order valence-electron chi connectivity index (χ0n) is 19.0. The predicted molar refractivity (Wildman–Crippen MR) is 130 cm³/mol.